The maximum Gasteiger partial charge on any atom is 1.00 e. The summed E-state index contributed by atoms with van der Waals surface area (Å²) in [7, 11) is -2.92. The van der Waals surface area contributed by atoms with E-state index in [9.17, 15) is 4.79 Å². The van der Waals surface area contributed by atoms with E-state index >= 15 is 0 Å². The minimum Gasteiger partial charge on any atom is -0.907 e. The monoisotopic (exact) mass is 154 g/mol. The van der Waals surface area contributed by atoms with Gasteiger partial charge in [0.1, 0.15) is 0 Å². The fourth-order valence-electron chi connectivity index (χ4n) is 0. The summed E-state index contributed by atoms with van der Waals surface area (Å²) in [4.78, 5) is 9.37. The Kier molecular flexibility index (Phi) is 55.4. The van der Waals surface area contributed by atoms with E-state index in [1.807, 2.05) is 0 Å². The van der Waals surface area contributed by atoms with Crippen LogP contribution in [0.2, 0.25) is 0 Å². The molecule has 54 valence electrons. The van der Waals surface area contributed by atoms with Gasteiger partial charge in [-0.15, -0.1) is 0 Å². The van der Waals surface area contributed by atoms with Gasteiger partial charge in [0.25, 0.3) is 0 Å². The summed E-state index contributed by atoms with van der Waals surface area (Å²) in [6.45, 7) is 1.60. The molecule has 0 aliphatic heterocycles. The Morgan fingerprint density at radius 1 is 1.25 bits per heavy atom. The number of hydrogen-bond donors (Lipinski definition) is 1. The molecule has 0 aromatic rings. The van der Waals surface area contributed by atoms with Crippen molar-refractivity contribution in [3.8, 4) is 0 Å². The zero-order valence-electron chi connectivity index (χ0n) is 7.86. The summed E-state index contributed by atoms with van der Waals surface area (Å²) in [6.07, 6.45) is 0.222. The largest absolute Gasteiger partial charge is 1.00 e. The van der Waals surface area contributed by atoms with Crippen LogP contribution in [0.15, 0.2) is 0 Å². The van der Waals surface area contributed by atoms with Crippen molar-refractivity contribution in [3.05, 3.63) is 0 Å². The molecule has 0 atom stereocenters. The summed E-state index contributed by atoms with van der Waals surface area (Å²) in [6, 6.07) is 0. The average Bonchev–Trinajstić information content (AvgIpc) is 1.65. The minimum atomic E-state index is -2.92. The molecule has 0 aromatic carbocycles. The summed E-state index contributed by atoms with van der Waals surface area (Å²) < 4.78 is 0. The molecule has 12 heavy (non-hydrogen) atoms. The third kappa shape index (κ3) is 114. The van der Waals surface area contributed by atoms with Crippen LogP contribution in [0.1, 0.15) is 13.3 Å². The zero-order chi connectivity index (χ0) is 7.86. The van der Waals surface area contributed by atoms with E-state index in [2.05, 4.69) is 0 Å². The Balaban J connectivity index is -0.0000000221. The molecule has 0 aliphatic rings. The molecule has 0 bridgehead atoms. The van der Waals surface area contributed by atoms with Crippen LogP contribution in [0, 0.1) is 0 Å². The van der Waals surface area contributed by atoms with E-state index in [1.165, 1.54) is 0 Å². The SMILES string of the molecule is CCC(=O)O.[Li+].[Li+].[Li+].[O-]B([O-])[O-]. The third-order valence-corrected chi connectivity index (χ3v) is 0.302. The molecule has 0 rings (SSSR count). The minimum absolute atomic E-state index is 0. The molecule has 5 nitrogen and oxygen atoms in total. The molecule has 0 fully saturated rings. The van der Waals surface area contributed by atoms with Gasteiger partial charge in [-0.3, -0.25) is 12.1 Å². The first-order valence-electron chi connectivity index (χ1n) is 2.20. The number of carboxylic acids is 1. The maximum absolute atomic E-state index is 9.37. The van der Waals surface area contributed by atoms with E-state index in [0.29, 0.717) is 0 Å². The van der Waals surface area contributed by atoms with Crippen molar-refractivity contribution in [2.24, 2.45) is 0 Å². The standard InChI is InChI=1S/C3H6O2.BO3.3Li/c1-2-3(4)5;2-1(3)4;;;/h2H2,1H3,(H,4,5);;;;/q;-3;3*+1. The van der Waals surface area contributed by atoms with Crippen LogP contribution >= 0.6 is 0 Å². The van der Waals surface area contributed by atoms with Crippen LogP contribution in [0.4, 0.5) is 0 Å². The van der Waals surface area contributed by atoms with Crippen LogP contribution in [0.5, 0.6) is 0 Å². The van der Waals surface area contributed by atoms with Gasteiger partial charge in [-0.1, -0.05) is 6.92 Å². The molecule has 0 spiro atoms. The molecule has 0 aromatic heterocycles. The van der Waals surface area contributed by atoms with Crippen molar-refractivity contribution < 1.29 is 81.6 Å². The van der Waals surface area contributed by atoms with Gasteiger partial charge in [0.2, 0.25) is 0 Å². The maximum atomic E-state index is 9.37. The molecule has 0 amide bonds. The normalized spacial score (nSPS) is 5.33. The molecule has 0 saturated carbocycles. The van der Waals surface area contributed by atoms with Crippen molar-refractivity contribution in [1.82, 2.24) is 0 Å². The predicted octanol–water partition coefficient (Wildman–Crippen LogP) is -12.5. The molecular weight excluding hydrogens is 148 g/mol. The second kappa shape index (κ2) is 22.8. The van der Waals surface area contributed by atoms with Crippen LogP contribution < -0.4 is 71.7 Å². The zero-order valence-corrected chi connectivity index (χ0v) is 7.86. The summed E-state index contributed by atoms with van der Waals surface area (Å²) in [5.74, 6) is -0.745. The van der Waals surface area contributed by atoms with Crippen molar-refractivity contribution in [1.29, 1.82) is 0 Å². The van der Waals surface area contributed by atoms with Gasteiger partial charge in [-0.05, 0) is 0 Å². The molecule has 9 heteroatoms. The van der Waals surface area contributed by atoms with Gasteiger partial charge in [0.05, 0.1) is 0 Å². The summed E-state index contributed by atoms with van der Waals surface area (Å²) in [5, 5.41) is 33.0. The second-order valence-corrected chi connectivity index (χ2v) is 1.04. The van der Waals surface area contributed by atoms with Crippen molar-refractivity contribution in [2.75, 3.05) is 0 Å². The van der Waals surface area contributed by atoms with E-state index in [4.69, 9.17) is 20.2 Å². The van der Waals surface area contributed by atoms with Crippen LogP contribution in [0.3, 0.4) is 0 Å². The number of aliphatic carboxylic acids is 1. The van der Waals surface area contributed by atoms with Gasteiger partial charge in [-0.2, -0.15) is 0 Å². The molecule has 0 saturated heterocycles. The number of rotatable bonds is 1. The third-order valence-electron chi connectivity index (χ3n) is 0.302. The topological polar surface area (TPSA) is 106 Å². The number of carboxylic acid groups (broad SMARTS) is 1. The van der Waals surface area contributed by atoms with E-state index in [-0.39, 0.29) is 63.0 Å². The van der Waals surface area contributed by atoms with Crippen LogP contribution in [-0.4, -0.2) is 18.4 Å². The Morgan fingerprint density at radius 3 is 1.33 bits per heavy atom. The summed E-state index contributed by atoms with van der Waals surface area (Å²) in [5.41, 5.74) is 0. The van der Waals surface area contributed by atoms with E-state index < -0.39 is 13.3 Å². The second-order valence-electron chi connectivity index (χ2n) is 1.04. The first-order valence-corrected chi connectivity index (χ1v) is 2.20. The van der Waals surface area contributed by atoms with Gasteiger partial charge in [0, 0.05) is 6.42 Å². The Hall–Kier alpha value is 1.21. The smallest absolute Gasteiger partial charge is 0.907 e. The van der Waals surface area contributed by atoms with Crippen molar-refractivity contribution >= 4 is 13.3 Å². The molecule has 1 N–H and O–H groups in total. The van der Waals surface area contributed by atoms with E-state index in [0.717, 1.165) is 0 Å². The number of carbonyl (C=O) groups is 1. The first-order chi connectivity index (χ1) is 4.00. The van der Waals surface area contributed by atoms with Gasteiger partial charge < -0.3 is 20.2 Å². The van der Waals surface area contributed by atoms with Crippen molar-refractivity contribution in [3.63, 3.8) is 0 Å². The molecule has 0 radical (unpaired) electrons. The predicted molar refractivity (Wildman–Crippen MR) is 23.7 cm³/mol. The fourth-order valence-corrected chi connectivity index (χ4v) is 0. The molecule has 0 unspecified atom stereocenters. The average molecular weight is 154 g/mol. The molecular formula is C3H6BLi3O5. The Bertz CT molecular complexity index is 79.6. The van der Waals surface area contributed by atoms with Gasteiger partial charge in [0.15, 0.2) is 0 Å². The van der Waals surface area contributed by atoms with E-state index in [1.54, 1.807) is 6.92 Å². The quantitative estimate of drug-likeness (QED) is 0.377. The van der Waals surface area contributed by atoms with Crippen LogP contribution in [-0.2, 0) is 4.79 Å². The number of hydrogen-bond acceptors (Lipinski definition) is 4. The van der Waals surface area contributed by atoms with Crippen molar-refractivity contribution in [2.45, 2.75) is 13.3 Å². The molecule has 0 heterocycles. The Morgan fingerprint density at radius 2 is 1.33 bits per heavy atom. The van der Waals surface area contributed by atoms with Crippen LogP contribution in [0.25, 0.3) is 0 Å². The fraction of sp³-hybridized carbons (Fsp3) is 0.667. The summed E-state index contributed by atoms with van der Waals surface area (Å²) >= 11 is 0. The Labute approximate surface area is 108 Å². The van der Waals surface area contributed by atoms with Gasteiger partial charge in [-0.25, -0.2) is 0 Å². The first kappa shape index (κ1) is 29.2. The molecule has 0 aliphatic carbocycles. The van der Waals surface area contributed by atoms with Gasteiger partial charge >= 0.3 is 62.6 Å².